The van der Waals surface area contributed by atoms with Crippen LogP contribution in [0.5, 0.6) is 0 Å². The minimum Gasteiger partial charge on any atom is -0.448 e. The summed E-state index contributed by atoms with van der Waals surface area (Å²) < 4.78 is 32.1. The molecule has 3 rings (SSSR count). The number of cyclic esters (lactones) is 1. The van der Waals surface area contributed by atoms with Crippen molar-refractivity contribution in [3.05, 3.63) is 65.7 Å². The van der Waals surface area contributed by atoms with Crippen molar-refractivity contribution in [1.29, 1.82) is 0 Å². The van der Waals surface area contributed by atoms with Crippen LogP contribution in [0.2, 0.25) is 0 Å². The van der Waals surface area contributed by atoms with Gasteiger partial charge in [-0.05, 0) is 24.6 Å². The van der Waals surface area contributed by atoms with Gasteiger partial charge in [0.25, 0.3) is 10.0 Å². The Bertz CT molecular complexity index is 831. The van der Waals surface area contributed by atoms with Gasteiger partial charge in [0, 0.05) is 5.92 Å². The minimum atomic E-state index is -4.00. The number of carbonyl (C=O) groups is 1. The smallest absolute Gasteiger partial charge is 0.424 e. The fourth-order valence-electron chi connectivity index (χ4n) is 2.89. The number of hydrogen-bond donors (Lipinski definition) is 0. The van der Waals surface area contributed by atoms with Crippen molar-refractivity contribution in [2.24, 2.45) is 5.92 Å². The van der Waals surface area contributed by atoms with Crippen LogP contribution in [-0.2, 0) is 14.8 Å². The SMILES string of the molecule is Cc1ccc(S(=O)(=O)N2C(=O)OC[C@@H](C)[C@H]2c2ccccc2)cc1. The Kier molecular flexibility index (Phi) is 4.32. The molecule has 0 unspecified atom stereocenters. The Morgan fingerprint density at radius 1 is 1.04 bits per heavy atom. The van der Waals surface area contributed by atoms with Gasteiger partial charge in [0.05, 0.1) is 17.5 Å². The van der Waals surface area contributed by atoms with Crippen molar-refractivity contribution in [1.82, 2.24) is 4.31 Å². The van der Waals surface area contributed by atoms with Gasteiger partial charge < -0.3 is 4.74 Å². The molecule has 24 heavy (non-hydrogen) atoms. The van der Waals surface area contributed by atoms with Crippen LogP contribution in [0.4, 0.5) is 4.79 Å². The van der Waals surface area contributed by atoms with Gasteiger partial charge in [-0.3, -0.25) is 0 Å². The van der Waals surface area contributed by atoms with Gasteiger partial charge >= 0.3 is 6.09 Å². The van der Waals surface area contributed by atoms with E-state index >= 15 is 0 Å². The summed E-state index contributed by atoms with van der Waals surface area (Å²) in [4.78, 5) is 12.4. The minimum absolute atomic E-state index is 0.0834. The molecule has 126 valence electrons. The topological polar surface area (TPSA) is 63.7 Å². The van der Waals surface area contributed by atoms with Crippen molar-refractivity contribution in [2.75, 3.05) is 6.61 Å². The second-order valence-electron chi connectivity index (χ2n) is 6.02. The molecule has 0 bridgehead atoms. The largest absolute Gasteiger partial charge is 0.448 e. The molecule has 0 aromatic heterocycles. The van der Waals surface area contributed by atoms with E-state index in [9.17, 15) is 13.2 Å². The second-order valence-corrected chi connectivity index (χ2v) is 7.84. The molecule has 2 aromatic carbocycles. The van der Waals surface area contributed by atoms with Crippen LogP contribution in [0.15, 0.2) is 59.5 Å². The Labute approximate surface area is 141 Å². The first-order valence-electron chi connectivity index (χ1n) is 7.74. The van der Waals surface area contributed by atoms with Crippen molar-refractivity contribution in [2.45, 2.75) is 24.8 Å². The Balaban J connectivity index is 2.10. The van der Waals surface area contributed by atoms with Crippen LogP contribution < -0.4 is 0 Å². The summed E-state index contributed by atoms with van der Waals surface area (Å²) in [6.07, 6.45) is -0.831. The summed E-state index contributed by atoms with van der Waals surface area (Å²) >= 11 is 0. The lowest BCUT2D eigenvalue weighted by atomic mass is 9.94. The number of ether oxygens (including phenoxy) is 1. The van der Waals surface area contributed by atoms with Gasteiger partial charge in [0.1, 0.15) is 0 Å². The lowest BCUT2D eigenvalue weighted by molar-refractivity contribution is 0.0474. The monoisotopic (exact) mass is 345 g/mol. The van der Waals surface area contributed by atoms with Crippen LogP contribution in [0.1, 0.15) is 24.1 Å². The molecule has 0 N–H and O–H groups in total. The molecule has 1 heterocycles. The normalized spacial score (nSPS) is 21.4. The number of rotatable bonds is 3. The maximum atomic E-state index is 13.1. The number of amides is 1. The molecule has 1 amide bonds. The molecule has 0 radical (unpaired) electrons. The summed E-state index contributed by atoms with van der Waals surface area (Å²) in [6.45, 7) is 3.94. The molecule has 1 fully saturated rings. The first-order chi connectivity index (χ1) is 11.4. The quantitative estimate of drug-likeness (QED) is 0.854. The molecule has 0 aliphatic carbocycles. The molecule has 2 atom stereocenters. The zero-order valence-corrected chi connectivity index (χ0v) is 14.4. The van der Waals surface area contributed by atoms with Crippen LogP contribution in [-0.4, -0.2) is 25.4 Å². The van der Waals surface area contributed by atoms with E-state index in [1.165, 1.54) is 12.1 Å². The Hall–Kier alpha value is -2.34. The predicted molar refractivity (Wildman–Crippen MR) is 89.9 cm³/mol. The third-order valence-electron chi connectivity index (χ3n) is 4.16. The molecule has 1 aliphatic rings. The van der Waals surface area contributed by atoms with Crippen LogP contribution in [0, 0.1) is 12.8 Å². The summed E-state index contributed by atoms with van der Waals surface area (Å²) in [5.74, 6) is -0.148. The van der Waals surface area contributed by atoms with E-state index in [4.69, 9.17) is 4.74 Å². The highest BCUT2D eigenvalue weighted by atomic mass is 32.2. The lowest BCUT2D eigenvalue weighted by Crippen LogP contribution is -2.47. The predicted octanol–water partition coefficient (Wildman–Crippen LogP) is 3.51. The van der Waals surface area contributed by atoms with E-state index in [-0.39, 0.29) is 17.4 Å². The third-order valence-corrected chi connectivity index (χ3v) is 5.92. The fourth-order valence-corrected chi connectivity index (χ4v) is 4.47. The van der Waals surface area contributed by atoms with Gasteiger partial charge in [-0.25, -0.2) is 13.2 Å². The van der Waals surface area contributed by atoms with E-state index in [0.717, 1.165) is 15.4 Å². The van der Waals surface area contributed by atoms with E-state index in [2.05, 4.69) is 0 Å². The van der Waals surface area contributed by atoms with Gasteiger partial charge in [-0.2, -0.15) is 4.31 Å². The van der Waals surface area contributed by atoms with Gasteiger partial charge in [0.2, 0.25) is 0 Å². The van der Waals surface area contributed by atoms with Crippen molar-refractivity contribution in [3.8, 4) is 0 Å². The van der Waals surface area contributed by atoms with Crippen LogP contribution in [0.3, 0.4) is 0 Å². The summed E-state index contributed by atoms with van der Waals surface area (Å²) in [7, 11) is -4.00. The molecule has 6 heteroatoms. The number of nitrogens with zero attached hydrogens (tertiary/aromatic N) is 1. The zero-order valence-electron chi connectivity index (χ0n) is 13.5. The number of benzene rings is 2. The highest BCUT2D eigenvalue weighted by Gasteiger charge is 2.44. The van der Waals surface area contributed by atoms with Crippen LogP contribution in [0.25, 0.3) is 0 Å². The van der Waals surface area contributed by atoms with E-state index < -0.39 is 22.2 Å². The van der Waals surface area contributed by atoms with Crippen molar-refractivity contribution in [3.63, 3.8) is 0 Å². The first kappa shape index (κ1) is 16.5. The number of sulfonamides is 1. The first-order valence-corrected chi connectivity index (χ1v) is 9.18. The molecular weight excluding hydrogens is 326 g/mol. The van der Waals surface area contributed by atoms with Gasteiger partial charge in [0.15, 0.2) is 0 Å². The molecule has 1 saturated heterocycles. The zero-order chi connectivity index (χ0) is 17.3. The summed E-state index contributed by atoms with van der Waals surface area (Å²) in [5, 5.41) is 0. The molecule has 1 aliphatic heterocycles. The van der Waals surface area contributed by atoms with Gasteiger partial charge in [-0.15, -0.1) is 0 Å². The number of hydrogen-bond acceptors (Lipinski definition) is 4. The summed E-state index contributed by atoms with van der Waals surface area (Å²) in [5.41, 5.74) is 1.72. The molecule has 0 spiro atoms. The highest BCUT2D eigenvalue weighted by Crippen LogP contribution is 2.37. The molecule has 0 saturated carbocycles. The van der Waals surface area contributed by atoms with E-state index in [1.807, 2.05) is 44.2 Å². The summed E-state index contributed by atoms with van der Waals surface area (Å²) in [6, 6.07) is 15.0. The average Bonchev–Trinajstić information content (AvgIpc) is 2.57. The highest BCUT2D eigenvalue weighted by molar-refractivity contribution is 7.89. The standard InChI is InChI=1S/C18H19NO4S/c1-13-8-10-16(11-9-13)24(21,22)19-17(14(2)12-23-18(19)20)15-6-4-3-5-7-15/h3-11,14,17H,12H2,1-2H3/t14-,17+/m1/s1. The second kappa shape index (κ2) is 6.28. The van der Waals surface area contributed by atoms with Crippen LogP contribution >= 0.6 is 0 Å². The average molecular weight is 345 g/mol. The van der Waals surface area contributed by atoms with Crippen molar-refractivity contribution < 1.29 is 17.9 Å². The Morgan fingerprint density at radius 3 is 2.29 bits per heavy atom. The molecule has 2 aromatic rings. The number of carbonyl (C=O) groups excluding carboxylic acids is 1. The maximum Gasteiger partial charge on any atom is 0.424 e. The molecular formula is C18H19NO4S. The lowest BCUT2D eigenvalue weighted by Gasteiger charge is -2.38. The van der Waals surface area contributed by atoms with Crippen molar-refractivity contribution >= 4 is 16.1 Å². The van der Waals surface area contributed by atoms with E-state index in [1.54, 1.807) is 12.1 Å². The molecule has 5 nitrogen and oxygen atoms in total. The Morgan fingerprint density at radius 2 is 1.67 bits per heavy atom. The fraction of sp³-hybridized carbons (Fsp3) is 0.278. The third kappa shape index (κ3) is 2.89. The van der Waals surface area contributed by atoms with Gasteiger partial charge in [-0.1, -0.05) is 55.0 Å². The van der Waals surface area contributed by atoms with E-state index in [0.29, 0.717) is 0 Å². The maximum absolute atomic E-state index is 13.1. The number of aryl methyl sites for hydroxylation is 1.